The minimum absolute atomic E-state index is 0.277. The van der Waals surface area contributed by atoms with Gasteiger partial charge in [0.05, 0.1) is 0 Å². The molecule has 0 aliphatic carbocycles. The van der Waals surface area contributed by atoms with Gasteiger partial charge in [0.2, 0.25) is 5.95 Å². The Morgan fingerprint density at radius 3 is 2.69 bits per heavy atom. The second kappa shape index (κ2) is 5.07. The van der Waals surface area contributed by atoms with Crippen LogP contribution in [0.2, 0.25) is 0 Å². The highest BCUT2D eigenvalue weighted by Crippen LogP contribution is 2.13. The van der Waals surface area contributed by atoms with Gasteiger partial charge in [-0.2, -0.15) is 4.98 Å². The summed E-state index contributed by atoms with van der Waals surface area (Å²) in [5.41, 5.74) is 5.53. The van der Waals surface area contributed by atoms with E-state index in [1.165, 1.54) is 0 Å². The Hall–Kier alpha value is -1.43. The topological polar surface area (TPSA) is 58.3 Å². The number of hydrogen-bond donors (Lipinski definition) is 1. The van der Waals surface area contributed by atoms with Crippen LogP contribution in [0.3, 0.4) is 0 Å². The molecule has 1 aliphatic rings. The van der Waals surface area contributed by atoms with E-state index in [1.54, 1.807) is 6.20 Å². The van der Waals surface area contributed by atoms with Crippen LogP contribution in [0.15, 0.2) is 12.3 Å². The third-order valence-corrected chi connectivity index (χ3v) is 2.76. The Kier molecular flexibility index (Phi) is 3.51. The fourth-order valence-electron chi connectivity index (χ4n) is 1.86. The average Bonchev–Trinajstić information content (AvgIpc) is 2.30. The van der Waals surface area contributed by atoms with Gasteiger partial charge in [-0.15, -0.1) is 0 Å². The van der Waals surface area contributed by atoms with Crippen LogP contribution >= 0.6 is 0 Å². The van der Waals surface area contributed by atoms with Gasteiger partial charge < -0.3 is 10.6 Å². The maximum Gasteiger partial charge on any atom is 0.221 e. The number of piperazine rings is 1. The lowest BCUT2D eigenvalue weighted by Gasteiger charge is -2.34. The molecule has 0 bridgehead atoms. The van der Waals surface area contributed by atoms with Crippen LogP contribution in [0.5, 0.6) is 0 Å². The van der Waals surface area contributed by atoms with E-state index in [0.717, 1.165) is 32.0 Å². The molecule has 88 valence electrons. The maximum absolute atomic E-state index is 12.2. The molecule has 6 heteroatoms. The molecular formula is C10H16FN5. The molecule has 0 radical (unpaired) electrons. The van der Waals surface area contributed by atoms with E-state index in [9.17, 15) is 4.39 Å². The Bertz CT molecular complexity index is 338. The van der Waals surface area contributed by atoms with Crippen molar-refractivity contribution in [2.45, 2.75) is 0 Å². The number of anilines is 2. The second-order valence-corrected chi connectivity index (χ2v) is 3.79. The summed E-state index contributed by atoms with van der Waals surface area (Å²) >= 11 is 0. The zero-order valence-electron chi connectivity index (χ0n) is 9.14. The number of halogens is 1. The molecule has 0 atom stereocenters. The van der Waals surface area contributed by atoms with Crippen molar-refractivity contribution in [1.29, 1.82) is 0 Å². The number of nitrogens with two attached hydrogens (primary N) is 1. The normalized spacial score (nSPS) is 17.7. The molecule has 1 aromatic heterocycles. The molecule has 2 heterocycles. The molecule has 0 unspecified atom stereocenters. The molecule has 0 aromatic carbocycles. The van der Waals surface area contributed by atoms with Crippen molar-refractivity contribution in [1.82, 2.24) is 14.9 Å². The van der Waals surface area contributed by atoms with E-state index in [-0.39, 0.29) is 6.67 Å². The van der Waals surface area contributed by atoms with Gasteiger partial charge in [-0.1, -0.05) is 0 Å². The second-order valence-electron chi connectivity index (χ2n) is 3.79. The highest BCUT2D eigenvalue weighted by molar-refractivity contribution is 5.41. The first-order chi connectivity index (χ1) is 7.79. The van der Waals surface area contributed by atoms with Crippen LogP contribution in [0, 0.1) is 0 Å². The summed E-state index contributed by atoms with van der Waals surface area (Å²) in [5, 5.41) is 0. The molecule has 16 heavy (non-hydrogen) atoms. The smallest absolute Gasteiger partial charge is 0.221 e. The van der Waals surface area contributed by atoms with E-state index in [2.05, 4.69) is 19.8 Å². The van der Waals surface area contributed by atoms with Crippen LogP contribution in [0.1, 0.15) is 0 Å². The van der Waals surface area contributed by atoms with Crippen molar-refractivity contribution >= 4 is 11.8 Å². The van der Waals surface area contributed by atoms with Crippen LogP contribution in [-0.4, -0.2) is 54.3 Å². The van der Waals surface area contributed by atoms with Gasteiger partial charge in [0, 0.05) is 38.9 Å². The van der Waals surface area contributed by atoms with Crippen LogP contribution in [-0.2, 0) is 0 Å². The number of alkyl halides is 1. The summed E-state index contributed by atoms with van der Waals surface area (Å²) in [6.07, 6.45) is 1.66. The van der Waals surface area contributed by atoms with Gasteiger partial charge in [0.15, 0.2) is 0 Å². The van der Waals surface area contributed by atoms with Gasteiger partial charge in [-0.25, -0.2) is 9.37 Å². The van der Waals surface area contributed by atoms with Crippen molar-refractivity contribution in [3.8, 4) is 0 Å². The lowest BCUT2D eigenvalue weighted by atomic mass is 10.3. The number of nitrogens with zero attached hydrogens (tertiary/aromatic N) is 4. The summed E-state index contributed by atoms with van der Waals surface area (Å²) in [5.74, 6) is 1.15. The highest BCUT2D eigenvalue weighted by Gasteiger charge is 2.17. The van der Waals surface area contributed by atoms with Crippen LogP contribution in [0.25, 0.3) is 0 Å². The van der Waals surface area contributed by atoms with E-state index in [1.807, 2.05) is 6.07 Å². The molecule has 1 aliphatic heterocycles. The van der Waals surface area contributed by atoms with Gasteiger partial charge in [0.25, 0.3) is 0 Å². The Labute approximate surface area is 94.1 Å². The first-order valence-corrected chi connectivity index (χ1v) is 5.41. The summed E-state index contributed by atoms with van der Waals surface area (Å²) in [6, 6.07) is 1.85. The van der Waals surface area contributed by atoms with Gasteiger partial charge >= 0.3 is 0 Å². The van der Waals surface area contributed by atoms with Gasteiger partial charge in [0.1, 0.15) is 12.5 Å². The van der Waals surface area contributed by atoms with Crippen molar-refractivity contribution in [2.24, 2.45) is 0 Å². The molecule has 5 nitrogen and oxygen atoms in total. The third-order valence-electron chi connectivity index (χ3n) is 2.76. The van der Waals surface area contributed by atoms with E-state index in [0.29, 0.717) is 12.5 Å². The van der Waals surface area contributed by atoms with Crippen LogP contribution in [0.4, 0.5) is 16.2 Å². The standard InChI is InChI=1S/C10H16FN5/c11-2-4-15-5-7-16(8-6-15)9-1-3-13-10(12)14-9/h1,3H,2,4-8H2,(H2,12,13,14). The molecule has 0 saturated carbocycles. The van der Waals surface area contributed by atoms with Gasteiger partial charge in [-0.05, 0) is 6.07 Å². The van der Waals surface area contributed by atoms with E-state index in [4.69, 9.17) is 5.73 Å². The Morgan fingerprint density at radius 1 is 1.31 bits per heavy atom. The molecule has 2 rings (SSSR count). The lowest BCUT2D eigenvalue weighted by molar-refractivity contribution is 0.235. The van der Waals surface area contributed by atoms with E-state index < -0.39 is 0 Å². The fraction of sp³-hybridized carbons (Fsp3) is 0.600. The quantitative estimate of drug-likeness (QED) is 0.793. The number of rotatable bonds is 3. The minimum atomic E-state index is -0.277. The molecule has 2 N–H and O–H groups in total. The third kappa shape index (κ3) is 2.57. The summed E-state index contributed by atoms with van der Waals surface area (Å²) in [4.78, 5) is 12.3. The SMILES string of the molecule is Nc1nccc(N2CCN(CCF)CC2)n1. The number of hydrogen-bond acceptors (Lipinski definition) is 5. The van der Waals surface area contributed by atoms with Crippen molar-refractivity contribution in [3.05, 3.63) is 12.3 Å². The zero-order valence-corrected chi connectivity index (χ0v) is 9.14. The fourth-order valence-corrected chi connectivity index (χ4v) is 1.86. The van der Waals surface area contributed by atoms with Crippen molar-refractivity contribution < 1.29 is 4.39 Å². The Morgan fingerprint density at radius 2 is 2.06 bits per heavy atom. The minimum Gasteiger partial charge on any atom is -0.368 e. The first kappa shape index (κ1) is 11.1. The Balaban J connectivity index is 1.94. The number of nitrogen functional groups attached to an aromatic ring is 1. The molecular weight excluding hydrogens is 209 g/mol. The lowest BCUT2D eigenvalue weighted by Crippen LogP contribution is -2.47. The van der Waals surface area contributed by atoms with Crippen molar-refractivity contribution in [3.63, 3.8) is 0 Å². The largest absolute Gasteiger partial charge is 0.368 e. The molecule has 0 amide bonds. The molecule has 1 aromatic rings. The number of aromatic nitrogens is 2. The first-order valence-electron chi connectivity index (χ1n) is 5.41. The monoisotopic (exact) mass is 225 g/mol. The predicted molar refractivity (Wildman–Crippen MR) is 61.1 cm³/mol. The zero-order chi connectivity index (χ0) is 11.4. The van der Waals surface area contributed by atoms with E-state index >= 15 is 0 Å². The summed E-state index contributed by atoms with van der Waals surface area (Å²) in [6.45, 7) is 3.70. The predicted octanol–water partition coefficient (Wildman–Crippen LogP) is 0.150. The van der Waals surface area contributed by atoms with Crippen LogP contribution < -0.4 is 10.6 Å². The van der Waals surface area contributed by atoms with Crippen molar-refractivity contribution in [2.75, 3.05) is 50.0 Å². The highest BCUT2D eigenvalue weighted by atomic mass is 19.1. The molecule has 1 saturated heterocycles. The summed E-state index contributed by atoms with van der Waals surface area (Å²) in [7, 11) is 0. The summed E-state index contributed by atoms with van der Waals surface area (Å²) < 4.78 is 12.2. The van der Waals surface area contributed by atoms with Gasteiger partial charge in [-0.3, -0.25) is 4.90 Å². The molecule has 1 fully saturated rings. The molecule has 0 spiro atoms. The average molecular weight is 225 g/mol. The maximum atomic E-state index is 12.2.